The Morgan fingerprint density at radius 3 is 1.88 bits per heavy atom. The summed E-state index contributed by atoms with van der Waals surface area (Å²) < 4.78 is 130. The van der Waals surface area contributed by atoms with Crippen molar-refractivity contribution >= 4 is 57.7 Å². The van der Waals surface area contributed by atoms with Gasteiger partial charge in [-0.15, -0.1) is 20.4 Å². The van der Waals surface area contributed by atoms with Crippen molar-refractivity contribution in [1.82, 2.24) is 0 Å². The fourth-order valence-corrected chi connectivity index (χ4v) is 5.90. The van der Waals surface area contributed by atoms with Crippen LogP contribution < -0.4 is 134 Å². The van der Waals surface area contributed by atoms with Crippen molar-refractivity contribution in [2.24, 2.45) is 20.4 Å². The first-order chi connectivity index (χ1) is 20.7. The fourth-order valence-electron chi connectivity index (χ4n) is 3.21. The largest absolute Gasteiger partial charge is 2.00 e. The predicted molar refractivity (Wildman–Crippen MR) is 140 cm³/mol. The van der Waals surface area contributed by atoms with Gasteiger partial charge in [0, 0.05) is 10.5 Å². The molecule has 2 aromatic rings. The van der Waals surface area contributed by atoms with E-state index in [4.69, 9.17) is 0 Å². The van der Waals surface area contributed by atoms with E-state index in [2.05, 4.69) is 24.6 Å². The van der Waals surface area contributed by atoms with Crippen LogP contribution in [-0.2, 0) is 61.7 Å². The number of hydrogen-bond acceptors (Lipinski definition) is 18. The zero-order valence-electron chi connectivity index (χ0n) is 26.0. The molecule has 0 aromatic heterocycles. The summed E-state index contributed by atoms with van der Waals surface area (Å²) in [7, 11) is -20.8. The van der Waals surface area contributed by atoms with Gasteiger partial charge in [0.2, 0.25) is 16.2 Å². The van der Waals surface area contributed by atoms with E-state index >= 15 is 0 Å². The molecule has 0 N–H and O–H groups in total. The molecule has 1 aliphatic rings. The summed E-state index contributed by atoms with van der Waals surface area (Å²) in [4.78, 5) is -3.51. The summed E-state index contributed by atoms with van der Waals surface area (Å²) in [5, 5.41) is 50.1. The van der Waals surface area contributed by atoms with E-state index < -0.39 is 102 Å². The monoisotopic (exact) mass is 857 g/mol. The van der Waals surface area contributed by atoms with E-state index in [1.807, 2.05) is 0 Å². The Labute approximate surface area is 385 Å². The Hall–Kier alpha value is 0.159. The molecule has 251 valence electrons. The molecule has 19 nitrogen and oxygen atoms in total. The summed E-state index contributed by atoms with van der Waals surface area (Å²) in [6.45, 7) is -1.21. The average molecular weight is 858 g/mol. The summed E-state index contributed by atoms with van der Waals surface area (Å²) in [6, 6.07) is 7.74. The van der Waals surface area contributed by atoms with Crippen molar-refractivity contribution in [2.45, 2.75) is 9.79 Å². The van der Waals surface area contributed by atoms with Crippen LogP contribution in [0.15, 0.2) is 107 Å². The molecular formula is C22H14CuN4Na4O15S4. The molecule has 2 aromatic carbocycles. The van der Waals surface area contributed by atoms with Crippen LogP contribution in [0, 0.1) is 0 Å². The quantitative estimate of drug-likeness (QED) is 0.0313. The van der Waals surface area contributed by atoms with Crippen LogP contribution in [0.5, 0.6) is 5.75 Å². The predicted octanol–water partition coefficient (Wildman–Crippen LogP) is -14.3. The van der Waals surface area contributed by atoms with Gasteiger partial charge in [-0.2, -0.15) is 5.95 Å². The third kappa shape index (κ3) is 16.3. The minimum atomic E-state index is -5.64. The zero-order valence-corrected chi connectivity index (χ0v) is 38.2. The van der Waals surface area contributed by atoms with E-state index in [0.29, 0.717) is 24.3 Å². The van der Waals surface area contributed by atoms with Crippen LogP contribution in [0.3, 0.4) is 0 Å². The molecule has 0 aliphatic heterocycles. The smallest absolute Gasteiger partial charge is 0.883 e. The van der Waals surface area contributed by atoms with Crippen molar-refractivity contribution in [3.8, 4) is 5.75 Å². The maximum atomic E-state index is 12.7. The van der Waals surface area contributed by atoms with Crippen LogP contribution in [0.25, 0.3) is 0 Å². The molecule has 3 rings (SSSR count). The summed E-state index contributed by atoms with van der Waals surface area (Å²) in [5.41, 5.74) is -2.44. The van der Waals surface area contributed by atoms with Crippen LogP contribution in [0.2, 0.25) is 0 Å². The van der Waals surface area contributed by atoms with E-state index in [9.17, 15) is 62.6 Å². The van der Waals surface area contributed by atoms with Gasteiger partial charge in [0.1, 0.15) is 20.2 Å². The number of hydrogen-bond donors (Lipinski definition) is 0. The van der Waals surface area contributed by atoms with Gasteiger partial charge in [-0.05, 0) is 29.9 Å². The topological polar surface area (TPSA) is 334 Å². The van der Waals surface area contributed by atoms with E-state index in [1.165, 1.54) is 30.3 Å². The SMILES string of the molecule is O=S(=O)([O-])OCCS(=O)(=O)c1cc(N=NC(=NN=C2C=C(S(=O)(=O)[O-])C=CC2=C([O-])[O-])c2ccccc2)c([O-])c(S(=O)(=O)[O-])c1.[Cu+2].[Na+].[Na+].[Na+].[Na+]. The number of benzene rings is 2. The average Bonchev–Trinajstić information content (AvgIpc) is 2.92. The molecule has 0 saturated heterocycles. The molecule has 0 unspecified atom stereocenters. The minimum Gasteiger partial charge on any atom is -0.883 e. The third-order valence-corrected chi connectivity index (χ3v) is 9.02. The van der Waals surface area contributed by atoms with Gasteiger partial charge in [0.15, 0.2) is 9.84 Å². The Kier molecular flexibility index (Phi) is 24.5. The second kappa shape index (κ2) is 22.5. The molecule has 28 heteroatoms. The minimum absolute atomic E-state index is 0. The number of allylic oxidation sites excluding steroid dienone is 4. The Morgan fingerprint density at radius 1 is 0.800 bits per heavy atom. The van der Waals surface area contributed by atoms with E-state index in [0.717, 1.165) is 0 Å². The molecule has 0 heterocycles. The molecule has 0 spiro atoms. The van der Waals surface area contributed by atoms with E-state index in [-0.39, 0.29) is 147 Å². The number of sulfone groups is 1. The van der Waals surface area contributed by atoms with Crippen molar-refractivity contribution in [3.63, 3.8) is 0 Å². The molecule has 1 radical (unpaired) electrons. The van der Waals surface area contributed by atoms with Crippen LogP contribution in [0.4, 0.5) is 5.69 Å². The van der Waals surface area contributed by atoms with Gasteiger partial charge >= 0.3 is 135 Å². The number of rotatable bonds is 10. The third-order valence-electron chi connectivity index (χ3n) is 5.23. The molecule has 0 atom stereocenters. The molecule has 0 saturated carbocycles. The van der Waals surface area contributed by atoms with Gasteiger partial charge in [0.25, 0.3) is 0 Å². The van der Waals surface area contributed by atoms with Gasteiger partial charge in [-0.1, -0.05) is 42.2 Å². The maximum Gasteiger partial charge on any atom is 2.00 e. The van der Waals surface area contributed by atoms with Gasteiger partial charge < -0.3 is 29.0 Å². The van der Waals surface area contributed by atoms with Crippen LogP contribution in [-0.4, -0.2) is 71.2 Å². The Morgan fingerprint density at radius 2 is 1.38 bits per heavy atom. The van der Waals surface area contributed by atoms with Crippen molar-refractivity contribution in [3.05, 3.63) is 82.7 Å². The van der Waals surface area contributed by atoms with Gasteiger partial charge in [-0.25, -0.2) is 33.7 Å². The van der Waals surface area contributed by atoms with Gasteiger partial charge in [0.05, 0.1) is 33.6 Å². The van der Waals surface area contributed by atoms with Crippen molar-refractivity contribution in [2.75, 3.05) is 12.4 Å². The summed E-state index contributed by atoms with van der Waals surface area (Å²) in [5.74, 6) is -5.28. The number of nitrogens with zero attached hydrogens (tertiary/aromatic N) is 4. The van der Waals surface area contributed by atoms with Crippen molar-refractivity contribution < 1.29 is 202 Å². The fraction of sp³-hybridized carbons (Fsp3) is 0.0909. The van der Waals surface area contributed by atoms with Gasteiger partial charge in [-0.3, -0.25) is 4.18 Å². The zero-order chi connectivity index (χ0) is 33.8. The second-order valence-corrected chi connectivity index (χ2v) is 14.2. The standard InChI is InChI=1S/C22H20N4O15S4.Cu.4Na/c27-20-18(11-15(12-19(20)44(35,36)37)42(30,31)9-8-41-45(38,39)40)24-26-21(13-4-2-1-3-5-13)25-23-17-10-14(43(32,33)34)6-7-16(17)22(28)29;;;;;/h1-7,10-12,27-29H,8-9H2,(H,32,33,34)(H,35,36,37)(H,38,39,40);;;;;/q;+2;4*+1/p-6. The number of azo groups is 1. The summed E-state index contributed by atoms with van der Waals surface area (Å²) >= 11 is 0. The first-order valence-electron chi connectivity index (χ1n) is 11.4. The first-order valence-corrected chi connectivity index (χ1v) is 17.2. The molecule has 0 bridgehead atoms. The van der Waals surface area contributed by atoms with Crippen molar-refractivity contribution in [1.29, 1.82) is 0 Å². The number of amidine groups is 1. The first kappa shape index (κ1) is 54.5. The Balaban J connectivity index is -0.00000442. The Bertz CT molecular complexity index is 2160. The molecular weight excluding hydrogens is 844 g/mol. The van der Waals surface area contributed by atoms with Crippen LogP contribution >= 0.6 is 0 Å². The summed E-state index contributed by atoms with van der Waals surface area (Å²) in [6.07, 6.45) is 1.95. The van der Waals surface area contributed by atoms with E-state index in [1.54, 1.807) is 0 Å². The normalized spacial score (nSPS) is 14.3. The van der Waals surface area contributed by atoms with Crippen LogP contribution in [0.1, 0.15) is 5.56 Å². The second-order valence-electron chi connectivity index (χ2n) is 8.28. The molecule has 0 fully saturated rings. The maximum absolute atomic E-state index is 12.7. The molecule has 1 aliphatic carbocycles. The molecule has 0 amide bonds. The molecule has 50 heavy (non-hydrogen) atoms.